The lowest BCUT2D eigenvalue weighted by Crippen LogP contribution is -2.44. The number of benzene rings is 1. The van der Waals surface area contributed by atoms with Crippen LogP contribution < -0.4 is 5.32 Å². The molecule has 2 aromatic heterocycles. The van der Waals surface area contributed by atoms with Crippen molar-refractivity contribution in [3.05, 3.63) is 85.0 Å². The van der Waals surface area contributed by atoms with Gasteiger partial charge in [-0.3, -0.25) is 9.78 Å². The van der Waals surface area contributed by atoms with Crippen LogP contribution in [-0.2, 0) is 30.1 Å². The minimum absolute atomic E-state index is 0.0452. The number of oxime groups is 1. The van der Waals surface area contributed by atoms with Crippen molar-refractivity contribution in [2.75, 3.05) is 0 Å². The molecule has 5 rings (SSSR count). The van der Waals surface area contributed by atoms with Crippen LogP contribution in [0.1, 0.15) is 38.5 Å². The summed E-state index contributed by atoms with van der Waals surface area (Å²) in [5, 5.41) is 7.34. The predicted molar refractivity (Wildman–Crippen MR) is 126 cm³/mol. The molecule has 188 valence electrons. The summed E-state index contributed by atoms with van der Waals surface area (Å²) in [6.45, 7) is 0.817. The molecule has 0 fully saturated rings. The lowest BCUT2D eigenvalue weighted by atomic mass is 9.89. The Balaban J connectivity index is 1.33. The second kappa shape index (κ2) is 9.20. The van der Waals surface area contributed by atoms with Crippen molar-refractivity contribution in [1.29, 1.82) is 0 Å². The van der Waals surface area contributed by atoms with Crippen molar-refractivity contribution in [3.63, 3.8) is 0 Å². The normalized spacial score (nSPS) is 19.2. The minimum Gasteiger partial charge on any atom is -0.372 e. The minimum atomic E-state index is -4.90. The van der Waals surface area contributed by atoms with Gasteiger partial charge in [0.1, 0.15) is 11.5 Å². The molecule has 0 saturated carbocycles. The second-order valence-corrected chi connectivity index (χ2v) is 10.2. The van der Waals surface area contributed by atoms with Gasteiger partial charge in [-0.1, -0.05) is 34.4 Å². The summed E-state index contributed by atoms with van der Waals surface area (Å²) < 4.78 is 56.6. The maximum atomic E-state index is 14.3. The first-order valence-corrected chi connectivity index (χ1v) is 12.2. The lowest BCUT2D eigenvalue weighted by molar-refractivity contribution is -0.275. The number of rotatable bonds is 4. The van der Waals surface area contributed by atoms with E-state index in [-0.39, 0.29) is 30.5 Å². The molecule has 1 unspecified atom stereocenters. The van der Waals surface area contributed by atoms with Crippen molar-refractivity contribution < 1.29 is 27.2 Å². The zero-order valence-electron chi connectivity index (χ0n) is 18.2. The molecule has 0 spiro atoms. The van der Waals surface area contributed by atoms with Gasteiger partial charge in [-0.2, -0.15) is 13.2 Å². The number of hydrogen-bond acceptors (Lipinski definition) is 6. The first-order chi connectivity index (χ1) is 17.1. The number of hydrogen-bond donors (Lipinski definition) is 1. The maximum Gasteiger partial charge on any atom is 0.435 e. The number of nitrogens with one attached hydrogen (secondary N) is 1. The Morgan fingerprint density at radius 3 is 2.58 bits per heavy atom. The van der Waals surface area contributed by atoms with Crippen LogP contribution in [0.4, 0.5) is 17.6 Å². The number of fused-ring (bicyclic) bond motifs is 1. The van der Waals surface area contributed by atoms with Crippen molar-refractivity contribution in [2.24, 2.45) is 5.16 Å². The number of aromatic nitrogens is 1. The molecule has 1 aromatic carbocycles. The molecule has 1 atom stereocenters. The van der Waals surface area contributed by atoms with Crippen LogP contribution in [0.2, 0.25) is 10.0 Å². The van der Waals surface area contributed by atoms with E-state index in [1.54, 1.807) is 11.0 Å². The smallest absolute Gasteiger partial charge is 0.372 e. The highest BCUT2D eigenvalue weighted by Gasteiger charge is 2.63. The van der Waals surface area contributed by atoms with Gasteiger partial charge in [0.25, 0.3) is 11.5 Å². The summed E-state index contributed by atoms with van der Waals surface area (Å²) in [5.41, 5.74) is -1.62. The van der Waals surface area contributed by atoms with Gasteiger partial charge in [-0.25, -0.2) is 4.39 Å². The number of carbonyl (C=O) groups is 1. The fourth-order valence-electron chi connectivity index (χ4n) is 4.11. The fraction of sp³-hybridized carbons (Fsp3) is 0.261. The lowest BCUT2D eigenvalue weighted by Gasteiger charge is -2.30. The highest BCUT2D eigenvalue weighted by atomic mass is 35.5. The number of amides is 1. The average Bonchev–Trinajstić information content (AvgIpc) is 3.59. The molecule has 1 N–H and O–H groups in total. The van der Waals surface area contributed by atoms with Gasteiger partial charge in [-0.15, -0.1) is 11.3 Å². The van der Waals surface area contributed by atoms with Crippen LogP contribution in [0, 0.1) is 5.82 Å². The average molecular weight is 559 g/mol. The van der Waals surface area contributed by atoms with Gasteiger partial charge in [0, 0.05) is 29.7 Å². The maximum absolute atomic E-state index is 14.3. The third-order valence-electron chi connectivity index (χ3n) is 6.03. The van der Waals surface area contributed by atoms with Gasteiger partial charge in [0.2, 0.25) is 0 Å². The van der Waals surface area contributed by atoms with Gasteiger partial charge in [0.15, 0.2) is 5.82 Å². The predicted octanol–water partition coefficient (Wildman–Crippen LogP) is 6.03. The van der Waals surface area contributed by atoms with Crippen LogP contribution in [-0.4, -0.2) is 27.8 Å². The Kier molecular flexibility index (Phi) is 6.34. The monoisotopic (exact) mass is 558 g/mol. The summed E-state index contributed by atoms with van der Waals surface area (Å²) >= 11 is 13.0. The molecule has 0 radical (unpaired) electrons. The molecule has 4 heterocycles. The van der Waals surface area contributed by atoms with E-state index in [9.17, 15) is 22.4 Å². The van der Waals surface area contributed by atoms with Crippen molar-refractivity contribution in [1.82, 2.24) is 15.2 Å². The Morgan fingerprint density at radius 2 is 1.92 bits per heavy atom. The molecule has 0 bridgehead atoms. The van der Waals surface area contributed by atoms with E-state index in [1.165, 1.54) is 17.5 Å². The largest absolute Gasteiger partial charge is 0.435 e. The summed E-state index contributed by atoms with van der Waals surface area (Å²) in [5.74, 6) is -1.33. The number of thiophene rings is 1. The number of carbonyl (C=O) groups excluding carboxylic acids is 1. The Morgan fingerprint density at radius 1 is 1.19 bits per heavy atom. The van der Waals surface area contributed by atoms with Gasteiger partial charge in [0.05, 0.1) is 23.0 Å². The molecule has 13 heteroatoms. The zero-order chi connectivity index (χ0) is 25.7. The molecule has 2 aliphatic heterocycles. The molecule has 2 aliphatic rings. The molecule has 0 saturated heterocycles. The molecule has 1 amide bonds. The molecular weight excluding hydrogens is 543 g/mol. The van der Waals surface area contributed by atoms with Gasteiger partial charge >= 0.3 is 6.18 Å². The molecule has 3 aromatic rings. The Bertz CT molecular complexity index is 1340. The Labute approximate surface area is 216 Å². The van der Waals surface area contributed by atoms with Crippen molar-refractivity contribution in [3.8, 4) is 0 Å². The van der Waals surface area contributed by atoms with Gasteiger partial charge in [-0.05, 0) is 40.8 Å². The van der Waals surface area contributed by atoms with Crippen LogP contribution in [0.3, 0.4) is 0 Å². The third-order valence-corrected chi connectivity index (χ3v) is 7.45. The summed E-state index contributed by atoms with van der Waals surface area (Å²) in [7, 11) is 0. The van der Waals surface area contributed by atoms with E-state index in [4.69, 9.17) is 28.0 Å². The van der Waals surface area contributed by atoms with Crippen molar-refractivity contribution in [2.45, 2.75) is 37.8 Å². The number of halogens is 6. The number of pyridine rings is 1. The van der Waals surface area contributed by atoms with Crippen LogP contribution in [0.15, 0.2) is 47.1 Å². The summed E-state index contributed by atoms with van der Waals surface area (Å²) in [4.78, 5) is 24.3. The first-order valence-electron chi connectivity index (χ1n) is 10.6. The Hall–Kier alpha value is -2.89. The van der Waals surface area contributed by atoms with E-state index in [0.717, 1.165) is 28.1 Å². The van der Waals surface area contributed by atoms with E-state index in [2.05, 4.69) is 15.5 Å². The number of amidine groups is 1. The van der Waals surface area contributed by atoms with Gasteiger partial charge < -0.3 is 15.1 Å². The second-order valence-electron chi connectivity index (χ2n) is 8.31. The van der Waals surface area contributed by atoms with E-state index in [1.807, 2.05) is 17.5 Å². The summed E-state index contributed by atoms with van der Waals surface area (Å²) in [6.07, 6.45) is -4.03. The van der Waals surface area contributed by atoms with E-state index < -0.39 is 39.6 Å². The van der Waals surface area contributed by atoms with E-state index >= 15 is 0 Å². The molecule has 6 nitrogen and oxygen atoms in total. The molecular formula is C23H16Cl2F4N4O2S. The quantitative estimate of drug-likeness (QED) is 0.314. The molecule has 36 heavy (non-hydrogen) atoms. The summed E-state index contributed by atoms with van der Waals surface area (Å²) in [6, 6.07) is 7.09. The SMILES string of the molecule is O=C(NCc1cccs1)c1cc2c(cn1)CN(C1=NOC(c3cc(Cl)c(F)c(Cl)c3)(C(F)(F)F)C1)C2. The highest BCUT2D eigenvalue weighted by molar-refractivity contribution is 7.09. The van der Waals surface area contributed by atoms with E-state index in [0.29, 0.717) is 6.54 Å². The standard InChI is InChI=1S/C23H16Cl2F4N4O2S/c24-16-5-14(6-17(25)20(16)26)22(23(27,28)29)7-19(32-35-22)33-10-12-4-18(30-8-13(12)11-33)21(34)31-9-15-2-1-3-36-15/h1-6,8H,7,9-11H2,(H,31,34). The highest BCUT2D eigenvalue weighted by Crippen LogP contribution is 2.50. The zero-order valence-corrected chi connectivity index (χ0v) is 20.5. The number of nitrogens with zero attached hydrogens (tertiary/aromatic N) is 3. The molecule has 0 aliphatic carbocycles. The third kappa shape index (κ3) is 4.39. The van der Waals surface area contributed by atoms with Crippen LogP contribution >= 0.6 is 34.5 Å². The van der Waals surface area contributed by atoms with Crippen LogP contribution in [0.25, 0.3) is 0 Å². The fourth-order valence-corrected chi connectivity index (χ4v) is 5.24. The number of alkyl halides is 3. The topological polar surface area (TPSA) is 66.8 Å². The van der Waals surface area contributed by atoms with Crippen molar-refractivity contribution >= 4 is 46.3 Å². The van der Waals surface area contributed by atoms with Crippen LogP contribution in [0.5, 0.6) is 0 Å². The first kappa shape index (κ1) is 24.8.